The number of carboxylic acid groups (broad SMARTS) is 1. The lowest BCUT2D eigenvalue weighted by Crippen LogP contribution is -2.47. The number of carboxylic acids is 1. The quantitative estimate of drug-likeness (QED) is 0.723. The molecular weight excluding hydrogens is 408 g/mol. The van der Waals surface area contributed by atoms with Crippen LogP contribution >= 0.6 is 0 Å². The van der Waals surface area contributed by atoms with E-state index in [1.807, 2.05) is 4.90 Å². The number of benzene rings is 1. The number of carbonyl (C=O) groups is 2. The van der Waals surface area contributed by atoms with Crippen LogP contribution in [0.1, 0.15) is 36.0 Å². The summed E-state index contributed by atoms with van der Waals surface area (Å²) >= 11 is 0. The maximum Gasteiger partial charge on any atom is 0.490 e. The molecule has 3 rings (SSSR count). The Morgan fingerprint density at radius 1 is 1.07 bits per heavy atom. The second-order valence-corrected chi connectivity index (χ2v) is 7.75. The average molecular weight is 434 g/mol. The van der Waals surface area contributed by atoms with Crippen molar-refractivity contribution >= 4 is 11.9 Å². The molecule has 2 saturated heterocycles. The maximum absolute atomic E-state index is 13.5. The Morgan fingerprint density at radius 3 is 2.03 bits per heavy atom. The molecule has 1 aromatic carbocycles. The van der Waals surface area contributed by atoms with Gasteiger partial charge in [0.2, 0.25) is 0 Å². The molecule has 1 N–H and O–H groups in total. The number of piperidine rings is 2. The molecule has 168 valence electrons. The van der Waals surface area contributed by atoms with Gasteiger partial charge in [0.05, 0.1) is 7.11 Å². The Hall–Kier alpha value is -2.36. The van der Waals surface area contributed by atoms with Gasteiger partial charge in [0.25, 0.3) is 5.91 Å². The van der Waals surface area contributed by atoms with Crippen LogP contribution in [0.4, 0.5) is 17.6 Å². The molecule has 10 heteroatoms. The Labute approximate surface area is 172 Å². The largest absolute Gasteiger partial charge is 0.494 e. The first-order valence-corrected chi connectivity index (χ1v) is 9.59. The molecule has 6 nitrogen and oxygen atoms in total. The summed E-state index contributed by atoms with van der Waals surface area (Å²) in [6.07, 6.45) is -0.471. The van der Waals surface area contributed by atoms with E-state index in [2.05, 4.69) is 11.9 Å². The number of aliphatic carboxylic acids is 1. The van der Waals surface area contributed by atoms with Gasteiger partial charge in [-0.15, -0.1) is 0 Å². The first kappa shape index (κ1) is 23.9. The predicted molar refractivity (Wildman–Crippen MR) is 101 cm³/mol. The summed E-state index contributed by atoms with van der Waals surface area (Å²) in [5, 5.41) is 7.12. The molecule has 0 aliphatic carbocycles. The lowest BCUT2D eigenvalue weighted by atomic mass is 9.71. The molecule has 0 radical (unpaired) electrons. The van der Waals surface area contributed by atoms with Gasteiger partial charge in [0, 0.05) is 18.7 Å². The third kappa shape index (κ3) is 6.07. The van der Waals surface area contributed by atoms with Crippen LogP contribution in [0, 0.1) is 11.2 Å². The molecule has 30 heavy (non-hydrogen) atoms. The van der Waals surface area contributed by atoms with E-state index < -0.39 is 18.0 Å². The number of methoxy groups -OCH3 is 1. The summed E-state index contributed by atoms with van der Waals surface area (Å²) in [5.74, 6) is -3.09. The van der Waals surface area contributed by atoms with Crippen LogP contribution in [-0.4, -0.2) is 73.3 Å². The lowest BCUT2D eigenvalue weighted by molar-refractivity contribution is -0.192. The Balaban J connectivity index is 0.000000396. The number of ether oxygens (including phenoxy) is 1. The molecule has 1 aromatic rings. The van der Waals surface area contributed by atoms with Gasteiger partial charge in [0.15, 0.2) is 11.6 Å². The van der Waals surface area contributed by atoms with Crippen LogP contribution < -0.4 is 4.74 Å². The molecule has 2 aliphatic rings. The molecule has 1 spiro atoms. The van der Waals surface area contributed by atoms with E-state index >= 15 is 0 Å². The van der Waals surface area contributed by atoms with Crippen LogP contribution in [0.2, 0.25) is 0 Å². The number of rotatable bonds is 2. The zero-order valence-electron chi connectivity index (χ0n) is 17.0. The zero-order valence-corrected chi connectivity index (χ0v) is 17.0. The van der Waals surface area contributed by atoms with Crippen LogP contribution in [0.3, 0.4) is 0 Å². The standard InChI is InChI=1S/C18H25FN2O2.C2HF3O2/c1-20-9-5-18(6-10-20)7-11-21(12-8-18)17(22)14-3-4-15(19)16(13-14)23-2;3-2(4,5)1(6)7/h3-4,13H,5-12H2,1-2H3;(H,6,7). The van der Waals surface area contributed by atoms with E-state index in [1.54, 1.807) is 6.07 Å². The van der Waals surface area contributed by atoms with Crippen molar-refractivity contribution < 1.29 is 37.0 Å². The summed E-state index contributed by atoms with van der Waals surface area (Å²) in [6.45, 7) is 3.90. The highest BCUT2D eigenvalue weighted by atomic mass is 19.4. The number of amides is 1. The summed E-state index contributed by atoms with van der Waals surface area (Å²) in [7, 11) is 3.59. The van der Waals surface area contributed by atoms with Gasteiger partial charge in [-0.3, -0.25) is 4.79 Å². The van der Waals surface area contributed by atoms with Gasteiger partial charge in [-0.1, -0.05) is 0 Å². The minimum absolute atomic E-state index is 0.0222. The van der Waals surface area contributed by atoms with Crippen molar-refractivity contribution in [2.75, 3.05) is 40.3 Å². The van der Waals surface area contributed by atoms with Crippen molar-refractivity contribution in [1.82, 2.24) is 9.80 Å². The predicted octanol–water partition coefficient (Wildman–Crippen LogP) is 3.42. The highest BCUT2D eigenvalue weighted by molar-refractivity contribution is 5.94. The normalized spacial score (nSPS) is 19.1. The van der Waals surface area contributed by atoms with Gasteiger partial charge >= 0.3 is 12.1 Å². The molecule has 0 unspecified atom stereocenters. The molecule has 0 atom stereocenters. The van der Waals surface area contributed by atoms with Gasteiger partial charge in [0.1, 0.15) is 0 Å². The Morgan fingerprint density at radius 2 is 1.57 bits per heavy atom. The highest BCUT2D eigenvalue weighted by Crippen LogP contribution is 2.41. The summed E-state index contributed by atoms with van der Waals surface area (Å²) in [5.41, 5.74) is 0.923. The molecule has 0 bridgehead atoms. The first-order chi connectivity index (χ1) is 14.0. The van der Waals surface area contributed by atoms with Gasteiger partial charge in [-0.25, -0.2) is 9.18 Å². The summed E-state index contributed by atoms with van der Waals surface area (Å²) < 4.78 is 50.2. The maximum atomic E-state index is 13.5. The number of likely N-dealkylation sites (tertiary alicyclic amines) is 2. The number of hydrogen-bond acceptors (Lipinski definition) is 4. The minimum atomic E-state index is -5.08. The van der Waals surface area contributed by atoms with Crippen molar-refractivity contribution in [1.29, 1.82) is 0 Å². The number of halogens is 4. The number of carbonyl (C=O) groups excluding carboxylic acids is 1. The number of alkyl halides is 3. The fourth-order valence-corrected chi connectivity index (χ4v) is 3.75. The van der Waals surface area contributed by atoms with Gasteiger partial charge < -0.3 is 19.6 Å². The molecule has 2 heterocycles. The van der Waals surface area contributed by atoms with E-state index in [1.165, 1.54) is 32.1 Å². The van der Waals surface area contributed by atoms with Crippen molar-refractivity contribution in [2.45, 2.75) is 31.9 Å². The van der Waals surface area contributed by atoms with Gasteiger partial charge in [-0.05, 0) is 69.4 Å². The first-order valence-electron chi connectivity index (χ1n) is 9.59. The topological polar surface area (TPSA) is 70.1 Å². The van der Waals surface area contributed by atoms with Crippen molar-refractivity contribution in [3.05, 3.63) is 29.6 Å². The van der Waals surface area contributed by atoms with E-state index in [-0.39, 0.29) is 11.7 Å². The van der Waals surface area contributed by atoms with Crippen LogP contribution in [-0.2, 0) is 4.79 Å². The van der Waals surface area contributed by atoms with Crippen molar-refractivity contribution in [3.63, 3.8) is 0 Å². The van der Waals surface area contributed by atoms with E-state index in [9.17, 15) is 22.4 Å². The fraction of sp³-hybridized carbons (Fsp3) is 0.600. The second-order valence-electron chi connectivity index (χ2n) is 7.75. The third-order valence-corrected chi connectivity index (χ3v) is 5.80. The van der Waals surface area contributed by atoms with Crippen molar-refractivity contribution in [2.24, 2.45) is 5.41 Å². The summed E-state index contributed by atoms with van der Waals surface area (Å²) in [6, 6.07) is 4.34. The minimum Gasteiger partial charge on any atom is -0.494 e. The van der Waals surface area contributed by atoms with Crippen LogP contribution in [0.15, 0.2) is 18.2 Å². The number of hydrogen-bond donors (Lipinski definition) is 1. The summed E-state index contributed by atoms with van der Waals surface area (Å²) in [4.78, 5) is 25.8. The highest BCUT2D eigenvalue weighted by Gasteiger charge is 2.39. The number of nitrogens with zero attached hydrogens (tertiary/aromatic N) is 2. The van der Waals surface area contributed by atoms with E-state index in [4.69, 9.17) is 14.6 Å². The van der Waals surface area contributed by atoms with E-state index in [0.717, 1.165) is 39.0 Å². The lowest BCUT2D eigenvalue weighted by Gasteiger charge is -2.46. The van der Waals surface area contributed by atoms with Crippen LogP contribution in [0.25, 0.3) is 0 Å². The molecule has 2 aliphatic heterocycles. The zero-order chi connectivity index (χ0) is 22.5. The Bertz CT molecular complexity index is 752. The third-order valence-electron chi connectivity index (χ3n) is 5.80. The van der Waals surface area contributed by atoms with Gasteiger partial charge in [-0.2, -0.15) is 13.2 Å². The molecule has 0 aromatic heterocycles. The average Bonchev–Trinajstić information content (AvgIpc) is 2.70. The van der Waals surface area contributed by atoms with Crippen LogP contribution in [0.5, 0.6) is 5.75 Å². The molecular formula is C20H26F4N2O4. The molecule has 0 saturated carbocycles. The fourth-order valence-electron chi connectivity index (χ4n) is 3.75. The van der Waals surface area contributed by atoms with Crippen molar-refractivity contribution in [3.8, 4) is 5.75 Å². The van der Waals surface area contributed by atoms with E-state index in [0.29, 0.717) is 11.0 Å². The SMILES string of the molecule is COc1cc(C(=O)N2CCC3(CCN(C)CC3)CC2)ccc1F.O=C(O)C(F)(F)F. The second kappa shape index (κ2) is 9.63. The monoisotopic (exact) mass is 434 g/mol. The Kier molecular flexibility index (Phi) is 7.68. The molecule has 2 fully saturated rings. The smallest absolute Gasteiger partial charge is 0.490 e. The molecule has 1 amide bonds.